The van der Waals surface area contributed by atoms with Gasteiger partial charge in [-0.3, -0.25) is 9.59 Å². The minimum absolute atomic E-state index is 0.218. The number of hydrogen-bond acceptors (Lipinski definition) is 8. The maximum absolute atomic E-state index is 13.3. The SMILES string of the molecule is CCOC(=O)c1cc(-c2ccccc2)sc1NC(=O)COC(=O)C1(c2cccc(NSC)c2)CCCC1. The van der Waals surface area contributed by atoms with Gasteiger partial charge in [-0.15, -0.1) is 11.3 Å². The molecule has 1 heterocycles. The highest BCUT2D eigenvalue weighted by atomic mass is 32.2. The fraction of sp³-hybridized carbons (Fsp3) is 0.321. The summed E-state index contributed by atoms with van der Waals surface area (Å²) in [5.41, 5.74) is 2.24. The number of amides is 1. The van der Waals surface area contributed by atoms with E-state index in [2.05, 4.69) is 10.0 Å². The summed E-state index contributed by atoms with van der Waals surface area (Å²) < 4.78 is 14.0. The van der Waals surface area contributed by atoms with Crippen LogP contribution in [0.2, 0.25) is 0 Å². The van der Waals surface area contributed by atoms with E-state index in [1.165, 1.54) is 23.3 Å². The molecule has 3 aromatic rings. The molecule has 9 heteroatoms. The summed E-state index contributed by atoms with van der Waals surface area (Å²) in [5.74, 6) is -1.42. The molecule has 4 rings (SSSR count). The largest absolute Gasteiger partial charge is 0.462 e. The van der Waals surface area contributed by atoms with Crippen LogP contribution in [-0.4, -0.2) is 37.3 Å². The van der Waals surface area contributed by atoms with Gasteiger partial charge in [-0.1, -0.05) is 67.3 Å². The molecule has 0 spiro atoms. The van der Waals surface area contributed by atoms with E-state index in [4.69, 9.17) is 9.47 Å². The number of nitrogens with one attached hydrogen (secondary N) is 2. The van der Waals surface area contributed by atoms with E-state index in [-0.39, 0.29) is 12.2 Å². The van der Waals surface area contributed by atoms with Gasteiger partial charge in [-0.25, -0.2) is 4.79 Å². The minimum atomic E-state index is -0.768. The lowest BCUT2D eigenvalue weighted by molar-refractivity contribution is -0.153. The molecule has 0 atom stereocenters. The Hall–Kier alpha value is -3.30. The maximum Gasteiger partial charge on any atom is 0.341 e. The number of carbonyl (C=O) groups is 3. The number of hydrogen-bond donors (Lipinski definition) is 2. The van der Waals surface area contributed by atoms with Crippen molar-refractivity contribution in [2.24, 2.45) is 0 Å². The van der Waals surface area contributed by atoms with Gasteiger partial charge in [0.2, 0.25) is 0 Å². The Bertz CT molecular complexity index is 1250. The average Bonchev–Trinajstić information content (AvgIpc) is 3.57. The molecule has 0 aliphatic heterocycles. The van der Waals surface area contributed by atoms with Crippen molar-refractivity contribution in [3.05, 3.63) is 71.8 Å². The summed E-state index contributed by atoms with van der Waals surface area (Å²) in [5, 5.41) is 3.12. The molecular formula is C28H30N2O5S2. The molecule has 0 radical (unpaired) electrons. The maximum atomic E-state index is 13.3. The van der Waals surface area contributed by atoms with Gasteiger partial charge in [0.15, 0.2) is 6.61 Å². The summed E-state index contributed by atoms with van der Waals surface area (Å²) in [7, 11) is 0. The number of thiophene rings is 1. The van der Waals surface area contributed by atoms with Crippen LogP contribution in [0.1, 0.15) is 48.5 Å². The van der Waals surface area contributed by atoms with E-state index in [0.717, 1.165) is 34.5 Å². The van der Waals surface area contributed by atoms with Crippen molar-refractivity contribution >= 4 is 51.8 Å². The van der Waals surface area contributed by atoms with Gasteiger partial charge in [0, 0.05) is 16.8 Å². The van der Waals surface area contributed by atoms with Crippen molar-refractivity contribution in [1.29, 1.82) is 0 Å². The van der Waals surface area contributed by atoms with Gasteiger partial charge in [-0.2, -0.15) is 0 Å². The number of rotatable bonds is 10. The lowest BCUT2D eigenvalue weighted by Crippen LogP contribution is -2.36. The Balaban J connectivity index is 1.48. The average molecular weight is 539 g/mol. The smallest absolute Gasteiger partial charge is 0.341 e. The van der Waals surface area contributed by atoms with Crippen molar-refractivity contribution in [2.45, 2.75) is 38.0 Å². The Kier molecular flexibility index (Phi) is 8.89. The lowest BCUT2D eigenvalue weighted by atomic mass is 9.79. The zero-order valence-electron chi connectivity index (χ0n) is 20.9. The van der Waals surface area contributed by atoms with Crippen molar-refractivity contribution in [3.63, 3.8) is 0 Å². The number of carbonyl (C=O) groups excluding carboxylic acids is 3. The van der Waals surface area contributed by atoms with Crippen LogP contribution >= 0.6 is 23.3 Å². The summed E-state index contributed by atoms with van der Waals surface area (Å²) in [4.78, 5) is 39.6. The second kappa shape index (κ2) is 12.3. The second-order valence-corrected chi connectivity index (χ2v) is 10.4. The van der Waals surface area contributed by atoms with Gasteiger partial charge < -0.3 is 19.5 Å². The van der Waals surface area contributed by atoms with Gasteiger partial charge in [-0.05, 0) is 49.1 Å². The van der Waals surface area contributed by atoms with E-state index in [1.54, 1.807) is 13.0 Å². The third-order valence-electron chi connectivity index (χ3n) is 6.36. The van der Waals surface area contributed by atoms with E-state index in [1.807, 2.05) is 60.9 Å². The normalized spacial score (nSPS) is 14.1. The molecule has 1 amide bonds. The number of ether oxygens (including phenoxy) is 2. The molecule has 0 bridgehead atoms. The van der Waals surface area contributed by atoms with Crippen LogP contribution in [0.3, 0.4) is 0 Å². The number of esters is 2. The summed E-state index contributed by atoms with van der Waals surface area (Å²) in [6, 6.07) is 19.1. The van der Waals surface area contributed by atoms with Gasteiger partial charge in [0.1, 0.15) is 5.00 Å². The standard InChI is InChI=1S/C28H30N2O5S2/c1-3-34-26(32)22-17-23(19-10-5-4-6-11-19)37-25(22)29-24(31)18-35-27(33)28(14-7-8-15-28)20-12-9-13-21(16-20)30-36-2/h4-6,9-13,16-17,30H,3,7-8,14-15,18H2,1-2H3,(H,29,31). The van der Waals surface area contributed by atoms with Crippen LogP contribution in [0, 0.1) is 0 Å². The fourth-order valence-electron chi connectivity index (χ4n) is 4.61. The Morgan fingerprint density at radius 2 is 1.76 bits per heavy atom. The van der Waals surface area contributed by atoms with Crippen molar-refractivity contribution in [2.75, 3.05) is 29.5 Å². The van der Waals surface area contributed by atoms with Crippen LogP contribution < -0.4 is 10.0 Å². The molecule has 1 aliphatic rings. The summed E-state index contributed by atoms with van der Waals surface area (Å²) >= 11 is 2.76. The molecule has 194 valence electrons. The van der Waals surface area contributed by atoms with Crippen molar-refractivity contribution < 1.29 is 23.9 Å². The minimum Gasteiger partial charge on any atom is -0.462 e. The summed E-state index contributed by atoms with van der Waals surface area (Å²) in [6.07, 6.45) is 5.13. The highest BCUT2D eigenvalue weighted by Crippen LogP contribution is 2.43. The molecule has 0 unspecified atom stereocenters. The van der Waals surface area contributed by atoms with Crippen molar-refractivity contribution in [1.82, 2.24) is 0 Å². The van der Waals surface area contributed by atoms with Crippen LogP contribution in [-0.2, 0) is 24.5 Å². The molecular weight excluding hydrogens is 508 g/mol. The van der Waals surface area contributed by atoms with Crippen LogP contribution in [0.25, 0.3) is 10.4 Å². The van der Waals surface area contributed by atoms with E-state index in [0.29, 0.717) is 17.8 Å². The monoisotopic (exact) mass is 538 g/mol. The van der Waals surface area contributed by atoms with Crippen LogP contribution in [0.5, 0.6) is 0 Å². The van der Waals surface area contributed by atoms with E-state index < -0.39 is 29.9 Å². The Morgan fingerprint density at radius 3 is 2.46 bits per heavy atom. The highest BCUT2D eigenvalue weighted by Gasteiger charge is 2.44. The molecule has 2 N–H and O–H groups in total. The van der Waals surface area contributed by atoms with Gasteiger partial charge in [0.25, 0.3) is 5.91 Å². The first-order chi connectivity index (χ1) is 18.0. The van der Waals surface area contributed by atoms with Crippen molar-refractivity contribution in [3.8, 4) is 10.4 Å². The van der Waals surface area contributed by atoms with Gasteiger partial charge in [0.05, 0.1) is 17.6 Å². The molecule has 0 saturated heterocycles. The summed E-state index contributed by atoms with van der Waals surface area (Å²) in [6.45, 7) is 1.51. The first-order valence-corrected chi connectivity index (χ1v) is 14.2. The quantitative estimate of drug-likeness (QED) is 0.232. The molecule has 37 heavy (non-hydrogen) atoms. The second-order valence-electron chi connectivity index (χ2n) is 8.74. The van der Waals surface area contributed by atoms with E-state index in [9.17, 15) is 14.4 Å². The molecule has 1 fully saturated rings. The molecule has 7 nitrogen and oxygen atoms in total. The molecule has 1 saturated carbocycles. The molecule has 1 aliphatic carbocycles. The molecule has 1 aromatic heterocycles. The lowest BCUT2D eigenvalue weighted by Gasteiger charge is -2.27. The third-order valence-corrected chi connectivity index (χ3v) is 7.90. The molecule has 2 aromatic carbocycles. The topological polar surface area (TPSA) is 93.7 Å². The number of benzene rings is 2. The third kappa shape index (κ3) is 6.17. The zero-order chi connectivity index (χ0) is 26.3. The Morgan fingerprint density at radius 1 is 1.00 bits per heavy atom. The van der Waals surface area contributed by atoms with Gasteiger partial charge >= 0.3 is 11.9 Å². The predicted molar refractivity (Wildman–Crippen MR) is 149 cm³/mol. The van der Waals surface area contributed by atoms with Crippen LogP contribution in [0.4, 0.5) is 10.7 Å². The Labute approximate surface area is 225 Å². The highest BCUT2D eigenvalue weighted by molar-refractivity contribution is 7.99. The van der Waals surface area contributed by atoms with Crippen LogP contribution in [0.15, 0.2) is 60.7 Å². The first-order valence-electron chi connectivity index (χ1n) is 12.2. The zero-order valence-corrected chi connectivity index (χ0v) is 22.5. The first kappa shape index (κ1) is 26.8. The predicted octanol–water partition coefficient (Wildman–Crippen LogP) is 6.28. The number of anilines is 2. The fourth-order valence-corrected chi connectivity index (χ4v) is 6.04. The van der Waals surface area contributed by atoms with E-state index >= 15 is 0 Å².